The Morgan fingerprint density at radius 3 is 2.55 bits per heavy atom. The molecule has 5 nitrogen and oxygen atoms in total. The Kier molecular flexibility index (Phi) is 3.93. The molecule has 1 aromatic carbocycles. The van der Waals surface area contributed by atoms with Gasteiger partial charge >= 0.3 is 0 Å². The minimum Gasteiger partial charge on any atom is -0.450 e. The first-order valence-corrected chi connectivity index (χ1v) is 7.32. The molecule has 0 unspecified atom stereocenters. The molecule has 2 aromatic heterocycles. The van der Waals surface area contributed by atoms with E-state index in [-0.39, 0.29) is 12.4 Å². The van der Waals surface area contributed by atoms with Crippen LogP contribution in [0, 0.1) is 6.92 Å². The molecule has 1 saturated heterocycles. The first-order valence-electron chi connectivity index (χ1n) is 7.32. The Balaban J connectivity index is 0.00000144. The van der Waals surface area contributed by atoms with E-state index in [0.29, 0.717) is 0 Å². The van der Waals surface area contributed by atoms with Crippen LogP contribution >= 0.6 is 12.4 Å². The van der Waals surface area contributed by atoms with E-state index in [1.807, 2.05) is 25.1 Å². The molecular formula is C16H19ClN4O. The van der Waals surface area contributed by atoms with Gasteiger partial charge in [-0.25, -0.2) is 9.97 Å². The minimum atomic E-state index is 0. The van der Waals surface area contributed by atoms with Crippen molar-refractivity contribution < 1.29 is 4.42 Å². The lowest BCUT2D eigenvalue weighted by Crippen LogP contribution is -2.45. The van der Waals surface area contributed by atoms with Crippen molar-refractivity contribution in [2.75, 3.05) is 38.1 Å². The van der Waals surface area contributed by atoms with Crippen molar-refractivity contribution in [3.8, 4) is 0 Å². The molecule has 116 valence electrons. The summed E-state index contributed by atoms with van der Waals surface area (Å²) in [6.45, 7) is 5.98. The highest BCUT2D eigenvalue weighted by molar-refractivity contribution is 6.05. The van der Waals surface area contributed by atoms with Gasteiger partial charge in [0.25, 0.3) is 0 Å². The van der Waals surface area contributed by atoms with Gasteiger partial charge in [-0.15, -0.1) is 12.4 Å². The highest BCUT2D eigenvalue weighted by Gasteiger charge is 2.21. The predicted octanol–water partition coefficient (Wildman–Crippen LogP) is 2.86. The van der Waals surface area contributed by atoms with Crippen LogP contribution in [0.25, 0.3) is 22.1 Å². The standard InChI is InChI=1S/C16H18N4O.ClH/c1-11-17-14-12-5-3-4-6-13(12)21-15(14)16(18-11)20-9-7-19(2)8-10-20;/h3-6H,7-10H2,1-2H3;1H. The predicted molar refractivity (Wildman–Crippen MR) is 91.0 cm³/mol. The number of likely N-dealkylation sites (N-methyl/N-ethyl adjacent to an activating group) is 1. The lowest BCUT2D eigenvalue weighted by molar-refractivity contribution is 0.312. The normalized spacial score (nSPS) is 16.2. The second-order valence-electron chi connectivity index (χ2n) is 5.66. The van der Waals surface area contributed by atoms with Gasteiger partial charge in [-0.2, -0.15) is 0 Å². The number of fused-ring (bicyclic) bond motifs is 3. The van der Waals surface area contributed by atoms with Gasteiger partial charge in [-0.3, -0.25) is 0 Å². The van der Waals surface area contributed by atoms with Gasteiger partial charge in [-0.1, -0.05) is 12.1 Å². The molecule has 22 heavy (non-hydrogen) atoms. The molecule has 0 radical (unpaired) electrons. The zero-order chi connectivity index (χ0) is 14.4. The number of furan rings is 1. The summed E-state index contributed by atoms with van der Waals surface area (Å²) in [5.74, 6) is 1.73. The summed E-state index contributed by atoms with van der Waals surface area (Å²) >= 11 is 0. The molecule has 1 fully saturated rings. The zero-order valence-corrected chi connectivity index (χ0v) is 13.6. The maximum Gasteiger partial charge on any atom is 0.196 e. The molecule has 0 atom stereocenters. The molecule has 4 rings (SSSR count). The summed E-state index contributed by atoms with van der Waals surface area (Å²) in [5, 5.41) is 1.06. The topological polar surface area (TPSA) is 45.4 Å². The van der Waals surface area contributed by atoms with E-state index in [1.54, 1.807) is 0 Å². The lowest BCUT2D eigenvalue weighted by Gasteiger charge is -2.33. The Labute approximate surface area is 135 Å². The fraction of sp³-hybridized carbons (Fsp3) is 0.375. The Morgan fingerprint density at radius 1 is 1.05 bits per heavy atom. The van der Waals surface area contributed by atoms with Crippen LogP contribution in [0.4, 0.5) is 5.82 Å². The fourth-order valence-electron chi connectivity index (χ4n) is 2.92. The third-order valence-corrected chi connectivity index (χ3v) is 4.12. The Morgan fingerprint density at radius 2 is 1.77 bits per heavy atom. The SMILES string of the molecule is Cc1nc(N2CCN(C)CC2)c2oc3ccccc3c2n1.Cl. The monoisotopic (exact) mass is 318 g/mol. The van der Waals surface area contributed by atoms with Gasteiger partial charge in [0.15, 0.2) is 11.4 Å². The van der Waals surface area contributed by atoms with Crippen molar-refractivity contribution in [1.29, 1.82) is 0 Å². The molecular weight excluding hydrogens is 300 g/mol. The van der Waals surface area contributed by atoms with Gasteiger partial charge in [0.2, 0.25) is 0 Å². The quantitative estimate of drug-likeness (QED) is 0.690. The number of benzene rings is 1. The lowest BCUT2D eigenvalue weighted by atomic mass is 10.2. The van der Waals surface area contributed by atoms with Crippen LogP contribution < -0.4 is 4.90 Å². The molecule has 0 aliphatic carbocycles. The number of aryl methyl sites for hydroxylation is 1. The second kappa shape index (κ2) is 5.74. The number of hydrogen-bond acceptors (Lipinski definition) is 5. The van der Waals surface area contributed by atoms with Crippen molar-refractivity contribution in [3.05, 3.63) is 30.1 Å². The average Bonchev–Trinajstić information content (AvgIpc) is 2.86. The molecule has 0 saturated carbocycles. The number of nitrogens with zero attached hydrogens (tertiary/aromatic N) is 4. The van der Waals surface area contributed by atoms with Crippen LogP contribution in [0.5, 0.6) is 0 Å². The van der Waals surface area contributed by atoms with Crippen LogP contribution in [0.3, 0.4) is 0 Å². The van der Waals surface area contributed by atoms with Crippen molar-refractivity contribution in [2.24, 2.45) is 0 Å². The number of piperazine rings is 1. The van der Waals surface area contributed by atoms with E-state index in [4.69, 9.17) is 4.42 Å². The van der Waals surface area contributed by atoms with Crippen LogP contribution in [0.15, 0.2) is 28.7 Å². The van der Waals surface area contributed by atoms with E-state index in [9.17, 15) is 0 Å². The highest BCUT2D eigenvalue weighted by Crippen LogP contribution is 2.33. The smallest absolute Gasteiger partial charge is 0.196 e. The second-order valence-corrected chi connectivity index (χ2v) is 5.66. The van der Waals surface area contributed by atoms with Crippen LogP contribution in [0.1, 0.15) is 5.82 Å². The minimum absolute atomic E-state index is 0. The largest absolute Gasteiger partial charge is 0.450 e. The molecule has 0 N–H and O–H groups in total. The van der Waals surface area contributed by atoms with Crippen molar-refractivity contribution in [3.63, 3.8) is 0 Å². The van der Waals surface area contributed by atoms with E-state index in [1.165, 1.54) is 0 Å². The summed E-state index contributed by atoms with van der Waals surface area (Å²) in [7, 11) is 2.15. The van der Waals surface area contributed by atoms with E-state index >= 15 is 0 Å². The Hall–Kier alpha value is -1.85. The molecule has 3 heterocycles. The summed E-state index contributed by atoms with van der Waals surface area (Å²) in [6, 6.07) is 8.05. The molecule has 3 aromatic rings. The third-order valence-electron chi connectivity index (χ3n) is 4.12. The molecule has 0 spiro atoms. The summed E-state index contributed by atoms with van der Waals surface area (Å²) in [5.41, 5.74) is 2.61. The van der Waals surface area contributed by atoms with E-state index in [0.717, 1.165) is 59.9 Å². The molecule has 0 amide bonds. The van der Waals surface area contributed by atoms with Gasteiger partial charge in [0.05, 0.1) is 0 Å². The van der Waals surface area contributed by atoms with Gasteiger partial charge in [0.1, 0.15) is 16.9 Å². The summed E-state index contributed by atoms with van der Waals surface area (Å²) in [4.78, 5) is 13.9. The van der Waals surface area contributed by atoms with Crippen molar-refractivity contribution >= 4 is 40.3 Å². The maximum atomic E-state index is 6.04. The van der Waals surface area contributed by atoms with Gasteiger partial charge in [-0.05, 0) is 26.1 Å². The number of hydrogen-bond donors (Lipinski definition) is 0. The number of para-hydroxylation sites is 1. The van der Waals surface area contributed by atoms with Crippen LogP contribution in [-0.2, 0) is 0 Å². The highest BCUT2D eigenvalue weighted by atomic mass is 35.5. The number of aromatic nitrogens is 2. The summed E-state index contributed by atoms with van der Waals surface area (Å²) in [6.07, 6.45) is 0. The molecule has 0 bridgehead atoms. The summed E-state index contributed by atoms with van der Waals surface area (Å²) < 4.78 is 6.04. The van der Waals surface area contributed by atoms with Gasteiger partial charge < -0.3 is 14.2 Å². The molecule has 6 heteroatoms. The fourth-order valence-corrected chi connectivity index (χ4v) is 2.92. The average molecular weight is 319 g/mol. The molecule has 1 aliphatic rings. The first-order chi connectivity index (χ1) is 10.2. The number of halogens is 1. The third kappa shape index (κ3) is 2.40. The maximum absolute atomic E-state index is 6.04. The zero-order valence-electron chi connectivity index (χ0n) is 12.7. The number of anilines is 1. The molecule has 1 aliphatic heterocycles. The van der Waals surface area contributed by atoms with E-state index in [2.05, 4.69) is 32.9 Å². The van der Waals surface area contributed by atoms with E-state index < -0.39 is 0 Å². The Bertz CT molecular complexity index is 808. The van der Waals surface area contributed by atoms with Crippen LogP contribution in [-0.4, -0.2) is 48.1 Å². The van der Waals surface area contributed by atoms with Crippen molar-refractivity contribution in [1.82, 2.24) is 14.9 Å². The number of rotatable bonds is 1. The first kappa shape index (κ1) is 15.1. The van der Waals surface area contributed by atoms with Crippen LogP contribution in [0.2, 0.25) is 0 Å². The van der Waals surface area contributed by atoms with Crippen molar-refractivity contribution in [2.45, 2.75) is 6.92 Å². The van der Waals surface area contributed by atoms with Gasteiger partial charge in [0, 0.05) is 31.6 Å².